The molecular weight excluding hydrogens is 340 g/mol. The number of amides is 1. The van der Waals surface area contributed by atoms with E-state index in [9.17, 15) is 14.0 Å². The molecule has 0 spiro atoms. The van der Waals surface area contributed by atoms with Crippen LogP contribution in [0.3, 0.4) is 0 Å². The first-order valence-electron chi connectivity index (χ1n) is 4.79. The van der Waals surface area contributed by atoms with Gasteiger partial charge >= 0.3 is 5.97 Å². The van der Waals surface area contributed by atoms with Crippen LogP contribution in [0.2, 0.25) is 0 Å². The van der Waals surface area contributed by atoms with Gasteiger partial charge in [-0.05, 0) is 47.7 Å². The third-order valence-corrected chi connectivity index (χ3v) is 3.31. The van der Waals surface area contributed by atoms with E-state index in [4.69, 9.17) is 5.11 Å². The summed E-state index contributed by atoms with van der Waals surface area (Å²) in [6.07, 6.45) is 0. The van der Waals surface area contributed by atoms with Gasteiger partial charge in [-0.15, -0.1) is 0 Å². The minimum absolute atomic E-state index is 0.294. The molecule has 0 aromatic heterocycles. The van der Waals surface area contributed by atoms with Crippen molar-refractivity contribution in [1.29, 1.82) is 0 Å². The quantitative estimate of drug-likeness (QED) is 0.848. The number of carbonyl (C=O) groups excluding carboxylic acids is 1. The highest BCUT2D eigenvalue weighted by Crippen LogP contribution is 2.16. The van der Waals surface area contributed by atoms with E-state index < -0.39 is 23.7 Å². The lowest BCUT2D eigenvalue weighted by Gasteiger charge is -2.22. The van der Waals surface area contributed by atoms with Crippen molar-refractivity contribution in [2.24, 2.45) is 0 Å². The maximum atomic E-state index is 12.9. The van der Waals surface area contributed by atoms with Crippen LogP contribution in [-0.2, 0) is 4.79 Å². The number of carboxylic acid groups (broad SMARTS) is 1. The van der Waals surface area contributed by atoms with Crippen LogP contribution < -0.4 is 0 Å². The van der Waals surface area contributed by atoms with Crippen LogP contribution in [0, 0.1) is 9.39 Å². The highest BCUT2D eigenvalue weighted by Gasteiger charge is 2.24. The highest BCUT2D eigenvalue weighted by atomic mass is 127. The first-order chi connectivity index (χ1) is 7.84. The van der Waals surface area contributed by atoms with Gasteiger partial charge in [0.25, 0.3) is 5.91 Å². The van der Waals surface area contributed by atoms with Crippen molar-refractivity contribution >= 4 is 34.5 Å². The molecular formula is C11H11FINO3. The summed E-state index contributed by atoms with van der Waals surface area (Å²) in [5.41, 5.74) is 0.294. The van der Waals surface area contributed by atoms with E-state index in [1.54, 1.807) is 0 Å². The Labute approximate surface area is 112 Å². The summed E-state index contributed by atoms with van der Waals surface area (Å²) in [5, 5.41) is 8.81. The van der Waals surface area contributed by atoms with E-state index in [2.05, 4.69) is 0 Å². The Bertz CT molecular complexity index is 464. The number of carboxylic acids is 1. The highest BCUT2D eigenvalue weighted by molar-refractivity contribution is 14.1. The Balaban J connectivity index is 3.00. The Morgan fingerprint density at radius 3 is 2.53 bits per heavy atom. The van der Waals surface area contributed by atoms with E-state index in [1.807, 2.05) is 22.6 Å². The van der Waals surface area contributed by atoms with Gasteiger partial charge in [0.2, 0.25) is 0 Å². The Morgan fingerprint density at radius 2 is 2.06 bits per heavy atom. The molecule has 0 aliphatic heterocycles. The average Bonchev–Trinajstić information content (AvgIpc) is 2.26. The first-order valence-corrected chi connectivity index (χ1v) is 5.87. The van der Waals surface area contributed by atoms with Gasteiger partial charge < -0.3 is 10.0 Å². The third-order valence-electron chi connectivity index (χ3n) is 2.42. The maximum Gasteiger partial charge on any atom is 0.326 e. The van der Waals surface area contributed by atoms with Crippen molar-refractivity contribution in [2.75, 3.05) is 7.05 Å². The molecule has 1 aromatic carbocycles. The average molecular weight is 351 g/mol. The number of hydrogen-bond acceptors (Lipinski definition) is 2. The predicted octanol–water partition coefficient (Wildman–Crippen LogP) is 1.98. The molecule has 0 saturated carbocycles. The van der Waals surface area contributed by atoms with Gasteiger partial charge in [-0.25, -0.2) is 9.18 Å². The molecule has 0 fully saturated rings. The van der Waals surface area contributed by atoms with Gasteiger partial charge in [0.1, 0.15) is 11.9 Å². The SMILES string of the molecule is CC(C(=O)O)N(C)C(=O)c1ccc(F)cc1I. The maximum absolute atomic E-state index is 12.9. The van der Waals surface area contributed by atoms with Crippen LogP contribution in [0.5, 0.6) is 0 Å². The minimum atomic E-state index is -1.09. The Morgan fingerprint density at radius 1 is 1.47 bits per heavy atom. The van der Waals surface area contributed by atoms with Crippen molar-refractivity contribution in [1.82, 2.24) is 4.90 Å². The zero-order valence-electron chi connectivity index (χ0n) is 9.28. The molecule has 92 valence electrons. The van der Waals surface area contributed by atoms with Crippen molar-refractivity contribution in [2.45, 2.75) is 13.0 Å². The number of aliphatic carboxylic acids is 1. The molecule has 6 heteroatoms. The van der Waals surface area contributed by atoms with Crippen LogP contribution >= 0.6 is 22.6 Å². The third kappa shape index (κ3) is 3.15. The monoisotopic (exact) mass is 351 g/mol. The molecule has 1 atom stereocenters. The number of carbonyl (C=O) groups is 2. The smallest absolute Gasteiger partial charge is 0.326 e. The summed E-state index contributed by atoms with van der Waals surface area (Å²) in [5.74, 6) is -1.96. The lowest BCUT2D eigenvalue weighted by Crippen LogP contribution is -2.40. The molecule has 0 aliphatic rings. The summed E-state index contributed by atoms with van der Waals surface area (Å²) in [6, 6.07) is 2.83. The van der Waals surface area contributed by atoms with Crippen molar-refractivity contribution in [3.63, 3.8) is 0 Å². The predicted molar refractivity (Wildman–Crippen MR) is 68.3 cm³/mol. The fourth-order valence-electron chi connectivity index (χ4n) is 1.19. The Hall–Kier alpha value is -1.18. The molecule has 1 rings (SSSR count). The number of likely N-dealkylation sites (N-methyl/N-ethyl adjacent to an activating group) is 1. The molecule has 0 heterocycles. The van der Waals surface area contributed by atoms with Crippen molar-refractivity contribution < 1.29 is 19.1 Å². The zero-order valence-corrected chi connectivity index (χ0v) is 11.4. The van der Waals surface area contributed by atoms with Gasteiger partial charge in [0.15, 0.2) is 0 Å². The number of benzene rings is 1. The summed E-state index contributed by atoms with van der Waals surface area (Å²) in [7, 11) is 1.40. The molecule has 17 heavy (non-hydrogen) atoms. The topological polar surface area (TPSA) is 57.6 Å². The largest absolute Gasteiger partial charge is 0.480 e. The zero-order chi connectivity index (χ0) is 13.2. The molecule has 1 aromatic rings. The second kappa shape index (κ2) is 5.44. The fourth-order valence-corrected chi connectivity index (χ4v) is 1.90. The van der Waals surface area contributed by atoms with Crippen molar-refractivity contribution in [3.05, 3.63) is 33.1 Å². The van der Waals surface area contributed by atoms with E-state index in [0.29, 0.717) is 9.13 Å². The van der Waals surface area contributed by atoms with Crippen LogP contribution in [-0.4, -0.2) is 35.0 Å². The van der Waals surface area contributed by atoms with E-state index in [1.165, 1.54) is 32.2 Å². The number of nitrogens with zero attached hydrogens (tertiary/aromatic N) is 1. The second-order valence-electron chi connectivity index (χ2n) is 3.55. The molecule has 0 bridgehead atoms. The van der Waals surface area contributed by atoms with Gasteiger partial charge in [-0.2, -0.15) is 0 Å². The number of rotatable bonds is 3. The van der Waals surface area contributed by atoms with Crippen LogP contribution in [0.4, 0.5) is 4.39 Å². The summed E-state index contributed by atoms with van der Waals surface area (Å²) < 4.78 is 13.3. The molecule has 0 saturated heterocycles. The lowest BCUT2D eigenvalue weighted by atomic mass is 10.1. The molecule has 1 amide bonds. The second-order valence-corrected chi connectivity index (χ2v) is 4.72. The van der Waals surface area contributed by atoms with E-state index in [-0.39, 0.29) is 0 Å². The number of halogens is 2. The van der Waals surface area contributed by atoms with Crippen molar-refractivity contribution in [3.8, 4) is 0 Å². The number of hydrogen-bond donors (Lipinski definition) is 1. The molecule has 0 radical (unpaired) electrons. The van der Waals surface area contributed by atoms with Crippen LogP contribution in [0.25, 0.3) is 0 Å². The minimum Gasteiger partial charge on any atom is -0.480 e. The lowest BCUT2D eigenvalue weighted by molar-refractivity contribution is -0.141. The van der Waals surface area contributed by atoms with Gasteiger partial charge in [0, 0.05) is 10.6 Å². The van der Waals surface area contributed by atoms with Gasteiger partial charge in [-0.3, -0.25) is 4.79 Å². The normalized spacial score (nSPS) is 12.0. The molecule has 1 N–H and O–H groups in total. The molecule has 1 unspecified atom stereocenters. The standard InChI is InChI=1S/C11H11FINO3/c1-6(11(16)17)14(2)10(15)8-4-3-7(12)5-9(8)13/h3-6H,1-2H3,(H,16,17). The van der Waals surface area contributed by atoms with Crippen LogP contribution in [0.15, 0.2) is 18.2 Å². The summed E-state index contributed by atoms with van der Waals surface area (Å²) in [6.45, 7) is 1.41. The summed E-state index contributed by atoms with van der Waals surface area (Å²) >= 11 is 1.84. The fraction of sp³-hybridized carbons (Fsp3) is 0.273. The van der Waals surface area contributed by atoms with E-state index in [0.717, 1.165) is 4.90 Å². The molecule has 0 aliphatic carbocycles. The van der Waals surface area contributed by atoms with Gasteiger partial charge in [-0.1, -0.05) is 0 Å². The first kappa shape index (κ1) is 13.9. The Kier molecular flexibility index (Phi) is 4.44. The molecule has 4 nitrogen and oxygen atoms in total. The van der Waals surface area contributed by atoms with Gasteiger partial charge in [0.05, 0.1) is 5.56 Å². The summed E-state index contributed by atoms with van der Waals surface area (Å²) in [4.78, 5) is 23.8. The van der Waals surface area contributed by atoms with E-state index >= 15 is 0 Å². The van der Waals surface area contributed by atoms with Crippen LogP contribution in [0.1, 0.15) is 17.3 Å².